The van der Waals surface area contributed by atoms with Crippen LogP contribution in [0.15, 0.2) is 47.2 Å². The quantitative estimate of drug-likeness (QED) is 0.940. The molecule has 2 aromatic rings. The molecule has 94 valence electrons. The van der Waals surface area contributed by atoms with Crippen LogP contribution in [0.25, 0.3) is 0 Å². The lowest BCUT2D eigenvalue weighted by atomic mass is 9.88. The van der Waals surface area contributed by atoms with E-state index in [4.69, 9.17) is 0 Å². The molecule has 0 fully saturated rings. The summed E-state index contributed by atoms with van der Waals surface area (Å²) < 4.78 is 1.04. The molecule has 1 N–H and O–H groups in total. The first-order valence-electron chi connectivity index (χ1n) is 5.87. The fourth-order valence-electron chi connectivity index (χ4n) is 2.12. The Morgan fingerprint density at radius 2 is 1.89 bits per heavy atom. The van der Waals surface area contributed by atoms with Gasteiger partial charge in [0.15, 0.2) is 0 Å². The lowest BCUT2D eigenvalue weighted by Gasteiger charge is -2.25. The maximum Gasteiger partial charge on any atom is 0.0926 e. The van der Waals surface area contributed by atoms with Gasteiger partial charge in [-0.2, -0.15) is 0 Å². The highest BCUT2D eigenvalue weighted by molar-refractivity contribution is 9.10. The average Bonchev–Trinajstić information content (AvgIpc) is 2.32. The highest BCUT2D eigenvalue weighted by atomic mass is 79.9. The van der Waals surface area contributed by atoms with Crippen molar-refractivity contribution in [3.8, 4) is 0 Å². The minimum atomic E-state index is -0.897. The second-order valence-corrected chi connectivity index (χ2v) is 5.68. The van der Waals surface area contributed by atoms with E-state index in [1.165, 1.54) is 0 Å². The van der Waals surface area contributed by atoms with Crippen LogP contribution in [0, 0.1) is 6.92 Å². The van der Waals surface area contributed by atoms with Crippen molar-refractivity contribution in [2.24, 2.45) is 0 Å². The maximum absolute atomic E-state index is 10.6. The van der Waals surface area contributed by atoms with Gasteiger partial charge in [-0.25, -0.2) is 0 Å². The van der Waals surface area contributed by atoms with Gasteiger partial charge >= 0.3 is 0 Å². The zero-order valence-electron chi connectivity index (χ0n) is 10.5. The smallest absolute Gasteiger partial charge is 0.0926 e. The van der Waals surface area contributed by atoms with Gasteiger partial charge in [-0.05, 0) is 43.2 Å². The van der Waals surface area contributed by atoms with Crippen LogP contribution < -0.4 is 0 Å². The topological polar surface area (TPSA) is 33.1 Å². The van der Waals surface area contributed by atoms with Gasteiger partial charge in [0, 0.05) is 28.9 Å². The van der Waals surface area contributed by atoms with Gasteiger partial charge in [-0.15, -0.1) is 0 Å². The summed E-state index contributed by atoms with van der Waals surface area (Å²) in [7, 11) is 0. The molecule has 3 heteroatoms. The second kappa shape index (κ2) is 5.21. The Hall–Kier alpha value is -1.19. The Kier molecular flexibility index (Phi) is 3.83. The van der Waals surface area contributed by atoms with Gasteiger partial charge in [0.25, 0.3) is 0 Å². The monoisotopic (exact) mass is 305 g/mol. The molecule has 1 aromatic carbocycles. The van der Waals surface area contributed by atoms with E-state index in [-0.39, 0.29) is 0 Å². The van der Waals surface area contributed by atoms with Crippen LogP contribution in [-0.4, -0.2) is 10.1 Å². The zero-order chi connectivity index (χ0) is 13.2. The molecule has 0 spiro atoms. The number of halogens is 1. The molecular weight excluding hydrogens is 290 g/mol. The van der Waals surface area contributed by atoms with Crippen molar-refractivity contribution >= 4 is 15.9 Å². The Morgan fingerprint density at radius 1 is 1.22 bits per heavy atom. The normalized spacial score (nSPS) is 14.2. The van der Waals surface area contributed by atoms with Gasteiger partial charge in [0.05, 0.1) is 5.60 Å². The summed E-state index contributed by atoms with van der Waals surface area (Å²) in [4.78, 5) is 4.10. The molecule has 0 radical (unpaired) electrons. The number of rotatable bonds is 3. The summed E-state index contributed by atoms with van der Waals surface area (Å²) in [5.74, 6) is 0. The Bertz CT molecular complexity index is 534. The summed E-state index contributed by atoms with van der Waals surface area (Å²) in [5.41, 5.74) is 2.15. The van der Waals surface area contributed by atoms with Crippen molar-refractivity contribution in [1.82, 2.24) is 4.98 Å². The zero-order valence-corrected chi connectivity index (χ0v) is 12.1. The van der Waals surface area contributed by atoms with Crippen LogP contribution in [0.2, 0.25) is 0 Å². The Labute approximate surface area is 116 Å². The summed E-state index contributed by atoms with van der Waals surface area (Å²) >= 11 is 3.41. The molecule has 2 nitrogen and oxygen atoms in total. The number of aromatic nitrogens is 1. The summed E-state index contributed by atoms with van der Waals surface area (Å²) in [6.07, 6.45) is 4.07. The van der Waals surface area contributed by atoms with Gasteiger partial charge in [-0.1, -0.05) is 28.1 Å². The number of nitrogens with zero attached hydrogens (tertiary/aromatic N) is 1. The van der Waals surface area contributed by atoms with Crippen LogP contribution in [0.1, 0.15) is 23.6 Å². The number of aliphatic hydroxyl groups is 1. The molecule has 0 saturated carbocycles. The van der Waals surface area contributed by atoms with E-state index in [1.807, 2.05) is 44.2 Å². The fraction of sp³-hybridized carbons (Fsp3) is 0.267. The van der Waals surface area contributed by atoms with Gasteiger partial charge < -0.3 is 5.11 Å². The molecule has 0 bridgehead atoms. The summed E-state index contributed by atoms with van der Waals surface area (Å²) in [6.45, 7) is 3.83. The third kappa shape index (κ3) is 2.98. The molecule has 1 atom stereocenters. The Morgan fingerprint density at radius 3 is 2.50 bits per heavy atom. The van der Waals surface area contributed by atoms with Crippen molar-refractivity contribution in [2.75, 3.05) is 0 Å². The molecule has 0 saturated heterocycles. The molecule has 0 aliphatic carbocycles. The van der Waals surface area contributed by atoms with Gasteiger partial charge in [-0.3, -0.25) is 4.98 Å². The predicted molar refractivity (Wildman–Crippen MR) is 76.4 cm³/mol. The molecule has 1 aromatic heterocycles. The van der Waals surface area contributed by atoms with E-state index < -0.39 is 5.60 Å². The first-order chi connectivity index (χ1) is 8.49. The highest BCUT2D eigenvalue weighted by Crippen LogP contribution is 2.27. The highest BCUT2D eigenvalue weighted by Gasteiger charge is 2.25. The fourth-order valence-corrected chi connectivity index (χ4v) is 2.39. The summed E-state index contributed by atoms with van der Waals surface area (Å²) in [5, 5.41) is 10.6. The SMILES string of the molecule is Cc1ccncc1C(C)(O)Cc1ccc(Br)cc1. The Balaban J connectivity index is 2.27. The van der Waals surface area contributed by atoms with Crippen molar-refractivity contribution in [3.63, 3.8) is 0 Å². The molecule has 0 aliphatic rings. The third-order valence-corrected chi connectivity index (χ3v) is 3.61. The lowest BCUT2D eigenvalue weighted by molar-refractivity contribution is 0.0566. The molecule has 0 amide bonds. The number of benzene rings is 1. The van der Waals surface area contributed by atoms with E-state index >= 15 is 0 Å². The molecule has 1 heterocycles. The second-order valence-electron chi connectivity index (χ2n) is 4.77. The number of aryl methyl sites for hydroxylation is 1. The molecule has 0 aliphatic heterocycles. The minimum absolute atomic E-state index is 0.576. The third-order valence-electron chi connectivity index (χ3n) is 3.08. The van der Waals surface area contributed by atoms with Crippen molar-refractivity contribution in [2.45, 2.75) is 25.9 Å². The lowest BCUT2D eigenvalue weighted by Crippen LogP contribution is -2.25. The number of hydrogen-bond acceptors (Lipinski definition) is 2. The van der Waals surface area contributed by atoms with E-state index in [0.717, 1.165) is 21.2 Å². The van der Waals surface area contributed by atoms with E-state index in [1.54, 1.807) is 12.4 Å². The maximum atomic E-state index is 10.6. The summed E-state index contributed by atoms with van der Waals surface area (Å²) in [6, 6.07) is 9.93. The number of hydrogen-bond donors (Lipinski definition) is 1. The predicted octanol–water partition coefficient (Wildman–Crippen LogP) is 3.60. The van der Waals surface area contributed by atoms with Crippen LogP contribution in [-0.2, 0) is 12.0 Å². The van der Waals surface area contributed by atoms with Crippen molar-refractivity contribution in [1.29, 1.82) is 0 Å². The largest absolute Gasteiger partial charge is 0.385 e. The van der Waals surface area contributed by atoms with Crippen LogP contribution in [0.3, 0.4) is 0 Å². The van der Waals surface area contributed by atoms with E-state index in [0.29, 0.717) is 6.42 Å². The van der Waals surface area contributed by atoms with Crippen LogP contribution in [0.4, 0.5) is 0 Å². The number of pyridine rings is 1. The van der Waals surface area contributed by atoms with Crippen LogP contribution in [0.5, 0.6) is 0 Å². The molecule has 2 rings (SSSR count). The van der Waals surface area contributed by atoms with Gasteiger partial charge in [0.2, 0.25) is 0 Å². The molecular formula is C15H16BrNO. The van der Waals surface area contributed by atoms with E-state index in [2.05, 4.69) is 20.9 Å². The minimum Gasteiger partial charge on any atom is -0.385 e. The van der Waals surface area contributed by atoms with Gasteiger partial charge in [0.1, 0.15) is 0 Å². The van der Waals surface area contributed by atoms with Crippen molar-refractivity contribution in [3.05, 3.63) is 63.9 Å². The molecule has 18 heavy (non-hydrogen) atoms. The van der Waals surface area contributed by atoms with Crippen LogP contribution >= 0.6 is 15.9 Å². The first kappa shape index (κ1) is 13.2. The van der Waals surface area contributed by atoms with E-state index in [9.17, 15) is 5.11 Å². The average molecular weight is 306 g/mol. The first-order valence-corrected chi connectivity index (χ1v) is 6.66. The molecule has 1 unspecified atom stereocenters. The van der Waals surface area contributed by atoms with Crippen molar-refractivity contribution < 1.29 is 5.11 Å². The standard InChI is InChI=1S/C15H16BrNO/c1-11-7-8-17-10-14(11)15(2,18)9-12-3-5-13(16)6-4-12/h3-8,10,18H,9H2,1-2H3.